The number of hydrogen-bond acceptors (Lipinski definition) is 4. The Morgan fingerprint density at radius 3 is 2.26 bits per heavy atom. The summed E-state index contributed by atoms with van der Waals surface area (Å²) in [6.07, 6.45) is 1.78. The Balaban J connectivity index is 1.58. The molecule has 0 spiro atoms. The van der Waals surface area contributed by atoms with Gasteiger partial charge in [0, 0.05) is 31.2 Å². The van der Waals surface area contributed by atoms with Crippen molar-refractivity contribution in [1.29, 1.82) is 0 Å². The van der Waals surface area contributed by atoms with E-state index in [9.17, 15) is 9.59 Å². The molecule has 0 radical (unpaired) electrons. The quantitative estimate of drug-likeness (QED) is 0.467. The van der Waals surface area contributed by atoms with E-state index >= 15 is 0 Å². The Bertz CT molecular complexity index is 1440. The number of carbonyl (C=O) groups is 1. The number of fused-ring (bicyclic) bond motifs is 1. The number of pyridine rings is 1. The Kier molecular flexibility index (Phi) is 5.97. The van der Waals surface area contributed by atoms with E-state index in [4.69, 9.17) is 0 Å². The summed E-state index contributed by atoms with van der Waals surface area (Å²) in [4.78, 5) is 30.2. The minimum atomic E-state index is -0.230. The average molecular weight is 465 g/mol. The lowest BCUT2D eigenvalue weighted by atomic mass is 9.99. The summed E-state index contributed by atoms with van der Waals surface area (Å²) in [6, 6.07) is 25.8. The van der Waals surface area contributed by atoms with E-state index in [0.717, 1.165) is 34.6 Å². The van der Waals surface area contributed by atoms with Crippen LogP contribution in [0.2, 0.25) is 0 Å². The first-order valence-corrected chi connectivity index (χ1v) is 11.7. The fraction of sp³-hybridized carbons (Fsp3) is 0.172. The number of likely N-dealkylation sites (N-methyl/N-ethyl adjacent to an activating group) is 1. The molecule has 6 heteroatoms. The molecule has 0 fully saturated rings. The van der Waals surface area contributed by atoms with Crippen LogP contribution in [0.15, 0.2) is 89.9 Å². The van der Waals surface area contributed by atoms with Crippen molar-refractivity contribution in [2.45, 2.75) is 13.5 Å². The molecule has 6 nitrogen and oxygen atoms in total. The lowest BCUT2D eigenvalue weighted by molar-refractivity contribution is -0.116. The molecule has 0 saturated heterocycles. The molecule has 0 unspecified atom stereocenters. The van der Waals surface area contributed by atoms with Crippen molar-refractivity contribution in [1.82, 2.24) is 9.88 Å². The smallest absolute Gasteiger partial charge is 0.281 e. The molecule has 3 aromatic carbocycles. The molecule has 5 rings (SSSR count). The SMILES string of the molecule is CNCc1ccccc1-c1ccc(-n2ccc3c(c2=O)N(c2ccc(C)cc2)C(=O)CN3C)cc1. The van der Waals surface area contributed by atoms with Gasteiger partial charge in [-0.15, -0.1) is 0 Å². The molecule has 1 amide bonds. The number of aromatic nitrogens is 1. The maximum Gasteiger partial charge on any atom is 0.281 e. The molecule has 2 heterocycles. The normalized spacial score (nSPS) is 13.2. The summed E-state index contributed by atoms with van der Waals surface area (Å²) in [5, 5.41) is 3.21. The van der Waals surface area contributed by atoms with Gasteiger partial charge in [-0.1, -0.05) is 54.1 Å². The second-order valence-corrected chi connectivity index (χ2v) is 8.88. The van der Waals surface area contributed by atoms with Crippen LogP contribution in [0, 0.1) is 6.92 Å². The molecular formula is C29H28N4O2. The summed E-state index contributed by atoms with van der Waals surface area (Å²) in [5.41, 5.74) is 6.87. The fourth-order valence-electron chi connectivity index (χ4n) is 4.64. The highest BCUT2D eigenvalue weighted by Gasteiger charge is 2.32. The van der Waals surface area contributed by atoms with E-state index in [2.05, 4.69) is 17.4 Å². The first-order valence-electron chi connectivity index (χ1n) is 11.7. The van der Waals surface area contributed by atoms with Crippen LogP contribution in [0.3, 0.4) is 0 Å². The molecule has 0 saturated carbocycles. The van der Waals surface area contributed by atoms with Crippen LogP contribution in [-0.2, 0) is 11.3 Å². The van der Waals surface area contributed by atoms with Crippen molar-refractivity contribution in [3.05, 3.63) is 107 Å². The average Bonchev–Trinajstić information content (AvgIpc) is 2.86. The number of aryl methyl sites for hydroxylation is 1. The van der Waals surface area contributed by atoms with Crippen LogP contribution < -0.4 is 20.7 Å². The van der Waals surface area contributed by atoms with Gasteiger partial charge >= 0.3 is 0 Å². The summed E-state index contributed by atoms with van der Waals surface area (Å²) >= 11 is 0. The van der Waals surface area contributed by atoms with Gasteiger partial charge in [0.1, 0.15) is 5.69 Å². The lowest BCUT2D eigenvalue weighted by Gasteiger charge is -2.35. The van der Waals surface area contributed by atoms with Gasteiger partial charge in [0.05, 0.1) is 12.2 Å². The molecule has 1 aromatic heterocycles. The topological polar surface area (TPSA) is 57.6 Å². The predicted octanol–water partition coefficient (Wildman–Crippen LogP) is 4.65. The van der Waals surface area contributed by atoms with Gasteiger partial charge in [0.2, 0.25) is 0 Å². The number of nitrogens with one attached hydrogen (secondary N) is 1. The molecule has 1 aliphatic rings. The van der Waals surface area contributed by atoms with Gasteiger partial charge in [0.15, 0.2) is 0 Å². The molecule has 35 heavy (non-hydrogen) atoms. The van der Waals surface area contributed by atoms with Crippen molar-refractivity contribution in [2.24, 2.45) is 0 Å². The molecule has 4 aromatic rings. The predicted molar refractivity (Wildman–Crippen MR) is 142 cm³/mol. The highest BCUT2D eigenvalue weighted by Crippen LogP contribution is 2.35. The Morgan fingerprint density at radius 1 is 0.857 bits per heavy atom. The zero-order valence-corrected chi connectivity index (χ0v) is 20.2. The second kappa shape index (κ2) is 9.24. The zero-order chi connectivity index (χ0) is 24.5. The number of anilines is 3. The maximum absolute atomic E-state index is 13.8. The van der Waals surface area contributed by atoms with Crippen LogP contribution in [0.4, 0.5) is 17.1 Å². The van der Waals surface area contributed by atoms with E-state index in [1.54, 1.807) is 15.7 Å². The Hall–Kier alpha value is -4.16. The van der Waals surface area contributed by atoms with Crippen LogP contribution in [0.1, 0.15) is 11.1 Å². The van der Waals surface area contributed by atoms with Gasteiger partial charge in [0.25, 0.3) is 11.5 Å². The number of benzene rings is 3. The van der Waals surface area contributed by atoms with Crippen molar-refractivity contribution < 1.29 is 4.79 Å². The molecule has 176 valence electrons. The molecule has 0 aliphatic carbocycles. The maximum atomic E-state index is 13.8. The van der Waals surface area contributed by atoms with E-state index in [1.807, 2.05) is 92.6 Å². The summed E-state index contributed by atoms with van der Waals surface area (Å²) in [6.45, 7) is 2.99. The van der Waals surface area contributed by atoms with Crippen LogP contribution in [0.25, 0.3) is 16.8 Å². The van der Waals surface area contributed by atoms with E-state index < -0.39 is 0 Å². The Labute approximate surface area is 205 Å². The third kappa shape index (κ3) is 4.13. The summed E-state index contributed by atoms with van der Waals surface area (Å²) < 4.78 is 1.61. The van der Waals surface area contributed by atoms with Crippen molar-refractivity contribution in [2.75, 3.05) is 30.4 Å². The number of rotatable bonds is 5. The highest BCUT2D eigenvalue weighted by atomic mass is 16.2. The van der Waals surface area contributed by atoms with Gasteiger partial charge in [-0.05, 0) is 61.0 Å². The summed E-state index contributed by atoms with van der Waals surface area (Å²) in [7, 11) is 3.77. The van der Waals surface area contributed by atoms with Gasteiger partial charge in [-0.2, -0.15) is 0 Å². The molecule has 0 bridgehead atoms. The van der Waals surface area contributed by atoms with E-state index in [-0.39, 0.29) is 18.0 Å². The minimum absolute atomic E-state index is 0.129. The first-order chi connectivity index (χ1) is 17.0. The van der Waals surface area contributed by atoms with Crippen molar-refractivity contribution in [3.8, 4) is 16.8 Å². The largest absolute Gasteiger partial charge is 0.363 e. The van der Waals surface area contributed by atoms with Crippen molar-refractivity contribution >= 4 is 23.0 Å². The first kappa shape index (κ1) is 22.6. The fourth-order valence-corrected chi connectivity index (χ4v) is 4.64. The zero-order valence-electron chi connectivity index (χ0n) is 20.2. The second-order valence-electron chi connectivity index (χ2n) is 8.88. The summed E-state index contributed by atoms with van der Waals surface area (Å²) in [5.74, 6) is -0.129. The number of carbonyl (C=O) groups excluding carboxylic acids is 1. The Morgan fingerprint density at radius 2 is 1.54 bits per heavy atom. The van der Waals surface area contributed by atoms with Gasteiger partial charge < -0.3 is 10.2 Å². The number of hydrogen-bond donors (Lipinski definition) is 1. The third-order valence-electron chi connectivity index (χ3n) is 6.44. The lowest BCUT2D eigenvalue weighted by Crippen LogP contribution is -2.45. The molecule has 1 N–H and O–H groups in total. The van der Waals surface area contributed by atoms with Crippen LogP contribution >= 0.6 is 0 Å². The monoisotopic (exact) mass is 464 g/mol. The standard InChI is InChI=1S/C29H28N4O2/c1-20-8-12-24(13-9-20)33-27(34)19-31(3)26-16-17-32(29(35)28(26)33)23-14-10-21(11-15-23)25-7-5-4-6-22(25)18-30-2/h4-17,30H,18-19H2,1-3H3. The van der Waals surface area contributed by atoms with Crippen molar-refractivity contribution in [3.63, 3.8) is 0 Å². The molecule has 1 aliphatic heterocycles. The third-order valence-corrected chi connectivity index (χ3v) is 6.44. The van der Waals surface area contributed by atoms with E-state index in [0.29, 0.717) is 11.4 Å². The molecule has 0 atom stereocenters. The van der Waals surface area contributed by atoms with Crippen LogP contribution in [-0.4, -0.2) is 31.1 Å². The molecular weight excluding hydrogens is 436 g/mol. The number of nitrogens with zero attached hydrogens (tertiary/aromatic N) is 3. The van der Waals surface area contributed by atoms with E-state index in [1.165, 1.54) is 5.56 Å². The minimum Gasteiger partial charge on any atom is -0.363 e. The highest BCUT2D eigenvalue weighted by molar-refractivity contribution is 6.08. The van der Waals surface area contributed by atoms with Gasteiger partial charge in [-0.25, -0.2) is 0 Å². The van der Waals surface area contributed by atoms with Gasteiger partial charge in [-0.3, -0.25) is 19.1 Å². The van der Waals surface area contributed by atoms with Crippen LogP contribution in [0.5, 0.6) is 0 Å². The number of amides is 1.